The number of aliphatic imine (C=N–C) groups is 1. The monoisotopic (exact) mass is 340 g/mol. The molecular weight excluding hydrogens is 308 g/mol. The highest BCUT2D eigenvalue weighted by Crippen LogP contribution is 2.17. The average molecular weight is 341 g/mol. The van der Waals surface area contributed by atoms with Gasteiger partial charge >= 0.3 is 0 Å². The number of hydrogen-bond acceptors (Lipinski definition) is 4. The number of aryl methyl sites for hydroxylation is 2. The second-order valence-electron chi connectivity index (χ2n) is 5.46. The minimum absolute atomic E-state index is 0.808. The van der Waals surface area contributed by atoms with Crippen LogP contribution in [0.25, 0.3) is 0 Å². The molecule has 1 rings (SSSR count). The van der Waals surface area contributed by atoms with Crippen LogP contribution in [-0.4, -0.2) is 44.3 Å². The van der Waals surface area contributed by atoms with Crippen LogP contribution in [-0.2, 0) is 17.6 Å². The first-order valence-electron chi connectivity index (χ1n) is 8.68. The molecule has 0 atom stereocenters. The van der Waals surface area contributed by atoms with Crippen molar-refractivity contribution >= 4 is 17.3 Å². The summed E-state index contributed by atoms with van der Waals surface area (Å²) in [5, 5.41) is 7.86. The van der Waals surface area contributed by atoms with Gasteiger partial charge in [-0.05, 0) is 26.2 Å². The van der Waals surface area contributed by atoms with E-state index < -0.39 is 0 Å². The van der Waals surface area contributed by atoms with E-state index in [0.29, 0.717) is 0 Å². The fraction of sp³-hybridized carbons (Fsp3) is 0.765. The van der Waals surface area contributed by atoms with Gasteiger partial charge in [0.05, 0.1) is 10.7 Å². The van der Waals surface area contributed by atoms with Crippen LogP contribution in [0.3, 0.4) is 0 Å². The van der Waals surface area contributed by atoms with Crippen molar-refractivity contribution in [2.45, 2.75) is 52.9 Å². The van der Waals surface area contributed by atoms with Gasteiger partial charge in [0.2, 0.25) is 0 Å². The molecule has 6 heteroatoms. The number of guanidine groups is 1. The van der Waals surface area contributed by atoms with Crippen LogP contribution in [0.5, 0.6) is 0 Å². The smallest absolute Gasteiger partial charge is 0.190 e. The molecule has 1 heterocycles. The molecule has 1 aromatic rings. The van der Waals surface area contributed by atoms with Gasteiger partial charge in [-0.25, -0.2) is 4.98 Å². The Morgan fingerprint density at radius 2 is 1.91 bits per heavy atom. The topological polar surface area (TPSA) is 58.5 Å². The van der Waals surface area contributed by atoms with Gasteiger partial charge in [-0.15, -0.1) is 11.3 Å². The first kappa shape index (κ1) is 19.9. The predicted molar refractivity (Wildman–Crippen MR) is 99.6 cm³/mol. The van der Waals surface area contributed by atoms with Crippen LogP contribution in [0.1, 0.15) is 48.7 Å². The number of unbranched alkanes of at least 4 members (excludes halogenated alkanes) is 1. The van der Waals surface area contributed by atoms with Gasteiger partial charge < -0.3 is 15.4 Å². The molecule has 5 nitrogen and oxygen atoms in total. The lowest BCUT2D eigenvalue weighted by Crippen LogP contribution is -2.39. The molecule has 2 N–H and O–H groups in total. The third-order valence-electron chi connectivity index (χ3n) is 3.53. The highest BCUT2D eigenvalue weighted by atomic mass is 32.1. The Morgan fingerprint density at radius 1 is 1.17 bits per heavy atom. The van der Waals surface area contributed by atoms with Gasteiger partial charge in [0.1, 0.15) is 0 Å². The molecule has 23 heavy (non-hydrogen) atoms. The van der Waals surface area contributed by atoms with Gasteiger partial charge in [-0.2, -0.15) is 0 Å². The summed E-state index contributed by atoms with van der Waals surface area (Å²) in [6, 6.07) is 0. The van der Waals surface area contributed by atoms with Crippen LogP contribution in [0, 0.1) is 6.92 Å². The zero-order chi connectivity index (χ0) is 16.9. The molecule has 0 fully saturated rings. The molecule has 0 aliphatic rings. The molecule has 0 bridgehead atoms. The number of nitrogens with zero attached hydrogens (tertiary/aromatic N) is 2. The Morgan fingerprint density at radius 3 is 2.57 bits per heavy atom. The van der Waals surface area contributed by atoms with E-state index in [0.717, 1.165) is 57.9 Å². The molecule has 0 saturated heterocycles. The molecule has 0 saturated carbocycles. The van der Waals surface area contributed by atoms with Gasteiger partial charge in [0.25, 0.3) is 0 Å². The molecule has 0 amide bonds. The molecule has 0 spiro atoms. The van der Waals surface area contributed by atoms with Crippen molar-refractivity contribution in [1.29, 1.82) is 0 Å². The fourth-order valence-corrected chi connectivity index (χ4v) is 3.18. The number of nitrogens with one attached hydrogen (secondary N) is 2. The van der Waals surface area contributed by atoms with Crippen LogP contribution in [0.4, 0.5) is 0 Å². The number of hydrogen-bond donors (Lipinski definition) is 2. The van der Waals surface area contributed by atoms with Crippen LogP contribution in [0.15, 0.2) is 4.99 Å². The lowest BCUT2D eigenvalue weighted by Gasteiger charge is -2.11. The summed E-state index contributed by atoms with van der Waals surface area (Å²) in [5.74, 6) is 0.850. The zero-order valence-corrected chi connectivity index (χ0v) is 15.9. The Bertz CT molecular complexity index is 459. The summed E-state index contributed by atoms with van der Waals surface area (Å²) < 4.78 is 5.55. The summed E-state index contributed by atoms with van der Waals surface area (Å²) >= 11 is 1.80. The predicted octanol–water partition coefficient (Wildman–Crippen LogP) is 2.93. The van der Waals surface area contributed by atoms with E-state index in [1.165, 1.54) is 22.0 Å². The third kappa shape index (κ3) is 8.32. The molecule has 0 aliphatic carbocycles. The Kier molecular flexibility index (Phi) is 10.6. The van der Waals surface area contributed by atoms with Gasteiger partial charge in [0, 0.05) is 44.6 Å². The molecule has 1 aromatic heterocycles. The van der Waals surface area contributed by atoms with Crippen molar-refractivity contribution in [3.05, 3.63) is 15.6 Å². The minimum atomic E-state index is 0.808. The third-order valence-corrected chi connectivity index (χ3v) is 4.60. The number of aromatic nitrogens is 1. The van der Waals surface area contributed by atoms with Crippen molar-refractivity contribution in [3.63, 3.8) is 0 Å². The lowest BCUT2D eigenvalue weighted by molar-refractivity contribution is 0.129. The van der Waals surface area contributed by atoms with Crippen LogP contribution < -0.4 is 10.6 Å². The number of thiazole rings is 1. The van der Waals surface area contributed by atoms with E-state index in [-0.39, 0.29) is 0 Å². The maximum atomic E-state index is 5.55. The lowest BCUT2D eigenvalue weighted by atomic mass is 10.3. The van der Waals surface area contributed by atoms with Crippen molar-refractivity contribution in [2.75, 3.05) is 33.4 Å². The largest absolute Gasteiger partial charge is 0.381 e. The minimum Gasteiger partial charge on any atom is -0.381 e. The van der Waals surface area contributed by atoms with Crippen molar-refractivity contribution in [1.82, 2.24) is 15.6 Å². The SMILES string of the molecule is CCCCOCCCNC(=NC)NCCc1nc(CC)c(C)s1. The highest BCUT2D eigenvalue weighted by molar-refractivity contribution is 7.11. The summed E-state index contributed by atoms with van der Waals surface area (Å²) in [6.45, 7) is 9.89. The summed E-state index contributed by atoms with van der Waals surface area (Å²) in [5.41, 5.74) is 1.23. The highest BCUT2D eigenvalue weighted by Gasteiger charge is 2.05. The maximum Gasteiger partial charge on any atom is 0.190 e. The van der Waals surface area contributed by atoms with Crippen molar-refractivity contribution < 1.29 is 4.74 Å². The van der Waals surface area contributed by atoms with Gasteiger partial charge in [-0.3, -0.25) is 4.99 Å². The van der Waals surface area contributed by atoms with Gasteiger partial charge in [0.15, 0.2) is 5.96 Å². The normalized spacial score (nSPS) is 11.7. The second-order valence-corrected chi connectivity index (χ2v) is 6.75. The Balaban J connectivity index is 2.14. The Hall–Kier alpha value is -1.14. The van der Waals surface area contributed by atoms with Gasteiger partial charge in [-0.1, -0.05) is 20.3 Å². The molecule has 0 aliphatic heterocycles. The van der Waals surface area contributed by atoms with Crippen molar-refractivity contribution in [3.8, 4) is 0 Å². The van der Waals surface area contributed by atoms with Crippen LogP contribution >= 0.6 is 11.3 Å². The number of ether oxygens (including phenoxy) is 1. The molecule has 0 aromatic carbocycles. The summed E-state index contributed by atoms with van der Waals surface area (Å²) in [7, 11) is 1.80. The maximum absolute atomic E-state index is 5.55. The van der Waals surface area contributed by atoms with E-state index in [2.05, 4.69) is 41.4 Å². The van der Waals surface area contributed by atoms with Crippen LogP contribution in [0.2, 0.25) is 0 Å². The van der Waals surface area contributed by atoms with E-state index >= 15 is 0 Å². The summed E-state index contributed by atoms with van der Waals surface area (Å²) in [4.78, 5) is 10.2. The van der Waals surface area contributed by atoms with E-state index in [4.69, 9.17) is 4.74 Å². The Labute approximate surface area is 145 Å². The molecule has 0 radical (unpaired) electrons. The molecule has 132 valence electrons. The summed E-state index contributed by atoms with van der Waals surface area (Å²) in [6.07, 6.45) is 5.28. The van der Waals surface area contributed by atoms with E-state index in [1.807, 2.05) is 0 Å². The standard InChI is InChI=1S/C17H32N4OS/c1-5-7-12-22-13-8-10-19-17(18-4)20-11-9-16-21-15(6-2)14(3)23-16/h5-13H2,1-4H3,(H2,18,19,20). The number of rotatable bonds is 11. The zero-order valence-electron chi connectivity index (χ0n) is 15.1. The van der Waals surface area contributed by atoms with E-state index in [9.17, 15) is 0 Å². The van der Waals surface area contributed by atoms with Crippen molar-refractivity contribution in [2.24, 2.45) is 4.99 Å². The first-order chi connectivity index (χ1) is 11.2. The van der Waals surface area contributed by atoms with E-state index in [1.54, 1.807) is 18.4 Å². The molecular formula is C17H32N4OS. The average Bonchev–Trinajstić information content (AvgIpc) is 2.92. The second kappa shape index (κ2) is 12.3. The quantitative estimate of drug-likeness (QED) is 0.369. The fourth-order valence-electron chi connectivity index (χ4n) is 2.16. The molecule has 0 unspecified atom stereocenters. The first-order valence-corrected chi connectivity index (χ1v) is 9.50.